The van der Waals surface area contributed by atoms with Crippen LogP contribution in [0, 0.1) is 6.92 Å². The third kappa shape index (κ3) is 5.36. The monoisotopic (exact) mass is 468 g/mol. The summed E-state index contributed by atoms with van der Waals surface area (Å²) in [5.41, 5.74) is 3.09. The molecule has 0 aliphatic carbocycles. The van der Waals surface area contributed by atoms with Crippen molar-refractivity contribution in [3.8, 4) is 16.3 Å². The molecule has 0 saturated carbocycles. The lowest BCUT2D eigenvalue weighted by molar-refractivity contribution is 0.289. The quantitative estimate of drug-likeness (QED) is 0.209. The Bertz CT molecular complexity index is 1190. The van der Waals surface area contributed by atoms with E-state index in [1.807, 2.05) is 66.1 Å². The predicted molar refractivity (Wildman–Crippen MR) is 128 cm³/mol. The highest BCUT2D eigenvalue weighted by Crippen LogP contribution is 2.32. The van der Waals surface area contributed by atoms with E-state index < -0.39 is 0 Å². The van der Waals surface area contributed by atoms with Crippen LogP contribution in [0.2, 0.25) is 5.02 Å². The van der Waals surface area contributed by atoms with E-state index in [4.69, 9.17) is 21.3 Å². The summed E-state index contributed by atoms with van der Waals surface area (Å²) in [6.45, 7) is 6.86. The molecule has 2 heterocycles. The standard InChI is InChI=1S/C23H21ClN4OS2/c1-3-11-28-21(13-29-18-8-6-7-16(2)12-18)26-27-23(28)31-15-17-14-30-22(25-17)19-9-4-5-10-20(19)24/h3-10,12,14H,1,11,13,15H2,2H3. The molecule has 8 heteroatoms. The fourth-order valence-corrected chi connectivity index (χ4v) is 5.07. The number of halogens is 1. The first kappa shape index (κ1) is 21.6. The zero-order valence-electron chi connectivity index (χ0n) is 17.0. The first-order valence-electron chi connectivity index (χ1n) is 9.68. The Kier molecular flexibility index (Phi) is 7.06. The van der Waals surface area contributed by atoms with Crippen molar-refractivity contribution in [1.82, 2.24) is 19.7 Å². The molecule has 31 heavy (non-hydrogen) atoms. The Morgan fingerprint density at radius 2 is 2.06 bits per heavy atom. The Balaban J connectivity index is 1.44. The van der Waals surface area contributed by atoms with Gasteiger partial charge in [0, 0.05) is 23.2 Å². The maximum absolute atomic E-state index is 6.30. The van der Waals surface area contributed by atoms with Gasteiger partial charge < -0.3 is 4.74 Å². The molecule has 2 aromatic heterocycles. The topological polar surface area (TPSA) is 52.8 Å². The third-order valence-corrected chi connectivity index (χ3v) is 6.72. The third-order valence-electron chi connectivity index (χ3n) is 4.47. The highest BCUT2D eigenvalue weighted by atomic mass is 35.5. The Labute approximate surface area is 194 Å². The molecule has 0 fully saturated rings. The molecule has 0 spiro atoms. The number of allylic oxidation sites excluding steroid dienone is 1. The van der Waals surface area contributed by atoms with Crippen LogP contribution in [0.25, 0.3) is 10.6 Å². The molecule has 0 bridgehead atoms. The normalized spacial score (nSPS) is 10.9. The summed E-state index contributed by atoms with van der Waals surface area (Å²) >= 11 is 9.49. The summed E-state index contributed by atoms with van der Waals surface area (Å²) in [5.74, 6) is 2.27. The van der Waals surface area contributed by atoms with E-state index in [0.717, 1.165) is 38.6 Å². The summed E-state index contributed by atoms with van der Waals surface area (Å²) in [7, 11) is 0. The molecule has 5 nitrogen and oxygen atoms in total. The summed E-state index contributed by atoms with van der Waals surface area (Å²) in [6, 6.07) is 15.7. The molecular formula is C23H21ClN4OS2. The van der Waals surface area contributed by atoms with Gasteiger partial charge in [-0.25, -0.2) is 4.98 Å². The Hall–Kier alpha value is -2.61. The van der Waals surface area contributed by atoms with Crippen LogP contribution in [0.4, 0.5) is 0 Å². The maximum atomic E-state index is 6.30. The second-order valence-corrected chi connectivity index (χ2v) is 9.02. The smallest absolute Gasteiger partial charge is 0.191 e. The fourth-order valence-electron chi connectivity index (χ4n) is 2.97. The number of aromatic nitrogens is 4. The minimum Gasteiger partial charge on any atom is -0.486 e. The molecule has 0 aliphatic rings. The molecule has 158 valence electrons. The van der Waals surface area contributed by atoms with Crippen LogP contribution < -0.4 is 4.74 Å². The molecule has 0 atom stereocenters. The molecule has 2 aromatic carbocycles. The van der Waals surface area contributed by atoms with E-state index in [0.29, 0.717) is 23.9 Å². The maximum Gasteiger partial charge on any atom is 0.191 e. The van der Waals surface area contributed by atoms with Gasteiger partial charge in [0.15, 0.2) is 11.0 Å². The van der Waals surface area contributed by atoms with Gasteiger partial charge in [-0.2, -0.15) is 0 Å². The van der Waals surface area contributed by atoms with Gasteiger partial charge in [0.25, 0.3) is 0 Å². The number of aryl methyl sites for hydroxylation is 1. The first-order chi connectivity index (χ1) is 15.1. The lowest BCUT2D eigenvalue weighted by Crippen LogP contribution is -2.07. The van der Waals surface area contributed by atoms with Crippen molar-refractivity contribution in [1.29, 1.82) is 0 Å². The Morgan fingerprint density at radius 1 is 1.19 bits per heavy atom. The average Bonchev–Trinajstić information content (AvgIpc) is 3.39. The van der Waals surface area contributed by atoms with Crippen molar-refractivity contribution >= 4 is 34.7 Å². The second kappa shape index (κ2) is 10.1. The number of benzene rings is 2. The van der Waals surface area contributed by atoms with Crippen LogP contribution in [0.5, 0.6) is 5.75 Å². The molecule has 0 N–H and O–H groups in total. The number of hydrogen-bond donors (Lipinski definition) is 0. The van der Waals surface area contributed by atoms with E-state index in [1.165, 1.54) is 0 Å². The van der Waals surface area contributed by atoms with E-state index in [9.17, 15) is 0 Å². The van der Waals surface area contributed by atoms with Crippen molar-refractivity contribution in [2.24, 2.45) is 0 Å². The minimum atomic E-state index is 0.345. The van der Waals surface area contributed by atoms with Gasteiger partial charge in [-0.15, -0.1) is 28.1 Å². The van der Waals surface area contributed by atoms with Crippen LogP contribution in [0.1, 0.15) is 17.1 Å². The minimum absolute atomic E-state index is 0.345. The van der Waals surface area contributed by atoms with E-state index >= 15 is 0 Å². The zero-order chi connectivity index (χ0) is 21.6. The average molecular weight is 469 g/mol. The molecule has 0 amide bonds. The number of thiazole rings is 1. The lowest BCUT2D eigenvalue weighted by Gasteiger charge is -2.09. The van der Waals surface area contributed by atoms with E-state index in [-0.39, 0.29) is 0 Å². The van der Waals surface area contributed by atoms with Gasteiger partial charge in [0.2, 0.25) is 0 Å². The van der Waals surface area contributed by atoms with Crippen LogP contribution in [-0.2, 0) is 18.9 Å². The Morgan fingerprint density at radius 3 is 2.87 bits per heavy atom. The number of ether oxygens (including phenoxy) is 1. The van der Waals surface area contributed by atoms with Gasteiger partial charge in [0.1, 0.15) is 17.4 Å². The van der Waals surface area contributed by atoms with Crippen LogP contribution in [0.15, 0.2) is 71.7 Å². The molecule has 0 radical (unpaired) electrons. The van der Waals surface area contributed by atoms with Crippen molar-refractivity contribution < 1.29 is 4.74 Å². The summed E-state index contributed by atoms with van der Waals surface area (Å²) in [6.07, 6.45) is 1.84. The van der Waals surface area contributed by atoms with Gasteiger partial charge in [-0.3, -0.25) is 4.57 Å². The molecule has 0 saturated heterocycles. The highest BCUT2D eigenvalue weighted by molar-refractivity contribution is 7.98. The van der Waals surface area contributed by atoms with Crippen molar-refractivity contribution in [3.63, 3.8) is 0 Å². The zero-order valence-corrected chi connectivity index (χ0v) is 19.4. The molecule has 4 rings (SSSR count). The molecular weight excluding hydrogens is 448 g/mol. The largest absolute Gasteiger partial charge is 0.486 e. The summed E-state index contributed by atoms with van der Waals surface area (Å²) < 4.78 is 7.93. The first-order valence-corrected chi connectivity index (χ1v) is 11.9. The fraction of sp³-hybridized carbons (Fsp3) is 0.174. The number of nitrogens with zero attached hydrogens (tertiary/aromatic N) is 4. The van der Waals surface area contributed by atoms with E-state index in [1.54, 1.807) is 23.1 Å². The summed E-state index contributed by atoms with van der Waals surface area (Å²) in [4.78, 5) is 4.73. The van der Waals surface area contributed by atoms with Crippen LogP contribution in [0.3, 0.4) is 0 Å². The number of hydrogen-bond acceptors (Lipinski definition) is 6. The van der Waals surface area contributed by atoms with Crippen LogP contribution in [-0.4, -0.2) is 19.7 Å². The highest BCUT2D eigenvalue weighted by Gasteiger charge is 2.14. The summed E-state index contributed by atoms with van der Waals surface area (Å²) in [5, 5.41) is 13.2. The van der Waals surface area contributed by atoms with Gasteiger partial charge >= 0.3 is 0 Å². The number of thioether (sulfide) groups is 1. The van der Waals surface area contributed by atoms with Crippen LogP contribution >= 0.6 is 34.7 Å². The van der Waals surface area contributed by atoms with Gasteiger partial charge in [-0.1, -0.05) is 59.8 Å². The van der Waals surface area contributed by atoms with E-state index in [2.05, 4.69) is 22.2 Å². The molecule has 0 aliphatic heterocycles. The van der Waals surface area contributed by atoms with Gasteiger partial charge in [0.05, 0.1) is 10.7 Å². The number of rotatable bonds is 9. The lowest BCUT2D eigenvalue weighted by atomic mass is 10.2. The predicted octanol–water partition coefficient (Wildman–Crippen LogP) is 6.42. The SMILES string of the molecule is C=CCn1c(COc2cccc(C)c2)nnc1SCc1csc(-c2ccccc2Cl)n1. The van der Waals surface area contributed by atoms with Gasteiger partial charge in [-0.05, 0) is 30.7 Å². The van der Waals surface area contributed by atoms with Crippen molar-refractivity contribution in [2.45, 2.75) is 31.0 Å². The molecule has 4 aromatic rings. The molecule has 0 unspecified atom stereocenters. The van der Waals surface area contributed by atoms with Crippen molar-refractivity contribution in [3.05, 3.63) is 88.7 Å². The van der Waals surface area contributed by atoms with Crippen molar-refractivity contribution in [2.75, 3.05) is 0 Å². The second-order valence-electron chi connectivity index (χ2n) is 6.82.